The van der Waals surface area contributed by atoms with Crippen LogP contribution in [0.4, 0.5) is 5.69 Å². The van der Waals surface area contributed by atoms with Gasteiger partial charge in [0.15, 0.2) is 0 Å². The first-order chi connectivity index (χ1) is 11.0. The average molecular weight is 350 g/mol. The van der Waals surface area contributed by atoms with Crippen LogP contribution in [0.2, 0.25) is 5.02 Å². The van der Waals surface area contributed by atoms with Crippen LogP contribution >= 0.6 is 22.9 Å². The molecule has 23 heavy (non-hydrogen) atoms. The zero-order valence-electron chi connectivity index (χ0n) is 12.5. The van der Waals surface area contributed by atoms with Crippen LogP contribution in [-0.4, -0.2) is 18.0 Å². The van der Waals surface area contributed by atoms with E-state index >= 15 is 0 Å². The number of thiophene rings is 1. The van der Waals surface area contributed by atoms with Crippen LogP contribution in [-0.2, 0) is 9.59 Å². The summed E-state index contributed by atoms with van der Waals surface area (Å²) in [7, 11) is 0. The standard InChI is InChI=1S/C16H16ClN3O2S/c1-11-9-12(17)4-5-14(11)19-15(21)6-7-16(22)20-18-10-13-3-2-8-23-13/h2-5,8-10H,6-7H2,1H3,(H,19,21)(H,20,22)/b18-10-. The molecule has 0 fully saturated rings. The number of nitrogens with one attached hydrogen (secondary N) is 2. The zero-order chi connectivity index (χ0) is 16.7. The minimum atomic E-state index is -0.305. The molecule has 0 unspecified atom stereocenters. The third-order valence-electron chi connectivity index (χ3n) is 2.97. The fraction of sp³-hybridized carbons (Fsp3) is 0.188. The fourth-order valence-corrected chi connectivity index (χ4v) is 2.61. The number of aryl methyl sites for hydroxylation is 1. The Morgan fingerprint density at radius 3 is 2.74 bits per heavy atom. The molecule has 1 aromatic heterocycles. The summed E-state index contributed by atoms with van der Waals surface area (Å²) < 4.78 is 0. The minimum Gasteiger partial charge on any atom is -0.326 e. The van der Waals surface area contributed by atoms with Crippen molar-refractivity contribution in [3.05, 3.63) is 51.2 Å². The van der Waals surface area contributed by atoms with Gasteiger partial charge in [0.25, 0.3) is 0 Å². The van der Waals surface area contributed by atoms with Crippen molar-refractivity contribution in [2.24, 2.45) is 5.10 Å². The van der Waals surface area contributed by atoms with Crippen molar-refractivity contribution < 1.29 is 9.59 Å². The Morgan fingerprint density at radius 1 is 1.26 bits per heavy atom. The van der Waals surface area contributed by atoms with Crippen molar-refractivity contribution in [1.82, 2.24) is 5.43 Å². The Kier molecular flexibility index (Phi) is 6.31. The van der Waals surface area contributed by atoms with E-state index in [9.17, 15) is 9.59 Å². The number of anilines is 1. The van der Waals surface area contributed by atoms with Crippen LogP contribution in [0.25, 0.3) is 0 Å². The molecule has 0 saturated heterocycles. The van der Waals surface area contributed by atoms with Gasteiger partial charge in [-0.2, -0.15) is 5.10 Å². The Labute approximate surface area is 143 Å². The second-order valence-electron chi connectivity index (χ2n) is 4.82. The number of carbonyl (C=O) groups excluding carboxylic acids is 2. The van der Waals surface area contributed by atoms with E-state index in [1.807, 2.05) is 24.4 Å². The highest BCUT2D eigenvalue weighted by Gasteiger charge is 2.08. The Hall–Kier alpha value is -2.18. The summed E-state index contributed by atoms with van der Waals surface area (Å²) in [6.45, 7) is 1.85. The van der Waals surface area contributed by atoms with Crippen molar-refractivity contribution in [2.75, 3.05) is 5.32 Å². The van der Waals surface area contributed by atoms with Crippen LogP contribution in [0.15, 0.2) is 40.8 Å². The van der Waals surface area contributed by atoms with E-state index in [-0.39, 0.29) is 24.7 Å². The maximum absolute atomic E-state index is 11.9. The molecule has 2 rings (SSSR count). The van der Waals surface area contributed by atoms with Crippen LogP contribution < -0.4 is 10.7 Å². The number of amides is 2. The van der Waals surface area contributed by atoms with E-state index < -0.39 is 0 Å². The first-order valence-corrected chi connectivity index (χ1v) is 8.22. The number of benzene rings is 1. The molecule has 0 aliphatic carbocycles. The molecule has 2 amide bonds. The first-order valence-electron chi connectivity index (χ1n) is 6.96. The van der Waals surface area contributed by atoms with Gasteiger partial charge < -0.3 is 5.32 Å². The molecule has 0 saturated carbocycles. The first kappa shape index (κ1) is 17.2. The van der Waals surface area contributed by atoms with Crippen molar-refractivity contribution >= 4 is 46.7 Å². The number of halogens is 1. The normalized spacial score (nSPS) is 10.7. The summed E-state index contributed by atoms with van der Waals surface area (Å²) in [5.74, 6) is -0.534. The maximum atomic E-state index is 11.9. The van der Waals surface area contributed by atoms with Gasteiger partial charge in [0.2, 0.25) is 11.8 Å². The lowest BCUT2D eigenvalue weighted by molar-refractivity contribution is -0.124. The highest BCUT2D eigenvalue weighted by Crippen LogP contribution is 2.19. The summed E-state index contributed by atoms with van der Waals surface area (Å²) in [5.41, 5.74) is 3.96. The van der Waals surface area contributed by atoms with Gasteiger partial charge in [0.1, 0.15) is 0 Å². The Bertz CT molecular complexity index is 714. The molecule has 0 aliphatic rings. The van der Waals surface area contributed by atoms with Crippen molar-refractivity contribution in [2.45, 2.75) is 19.8 Å². The van der Waals surface area contributed by atoms with E-state index in [0.717, 1.165) is 10.4 Å². The van der Waals surface area contributed by atoms with Gasteiger partial charge in [0, 0.05) is 28.4 Å². The van der Waals surface area contributed by atoms with E-state index in [4.69, 9.17) is 11.6 Å². The van der Waals surface area contributed by atoms with E-state index in [1.54, 1.807) is 24.4 Å². The average Bonchev–Trinajstić information content (AvgIpc) is 3.01. The molecule has 5 nitrogen and oxygen atoms in total. The third kappa shape index (κ3) is 5.84. The van der Waals surface area contributed by atoms with E-state index in [1.165, 1.54) is 11.3 Å². The minimum absolute atomic E-state index is 0.0697. The van der Waals surface area contributed by atoms with Crippen LogP contribution in [0.5, 0.6) is 0 Å². The fourth-order valence-electron chi connectivity index (χ4n) is 1.80. The molecule has 120 valence electrons. The largest absolute Gasteiger partial charge is 0.326 e. The molecule has 2 aromatic rings. The lowest BCUT2D eigenvalue weighted by Gasteiger charge is -2.08. The number of hydrogen-bond acceptors (Lipinski definition) is 4. The molecule has 1 aromatic carbocycles. The molecule has 7 heteroatoms. The van der Waals surface area contributed by atoms with Crippen LogP contribution in [0.1, 0.15) is 23.3 Å². The quantitative estimate of drug-likeness (QED) is 0.618. The second kappa shape index (κ2) is 8.45. The summed E-state index contributed by atoms with van der Waals surface area (Å²) in [5, 5.41) is 9.13. The van der Waals surface area contributed by atoms with Gasteiger partial charge in [-0.25, -0.2) is 5.43 Å². The molecule has 0 aliphatic heterocycles. The monoisotopic (exact) mass is 349 g/mol. The summed E-state index contributed by atoms with van der Waals surface area (Å²) in [4.78, 5) is 24.4. The lowest BCUT2D eigenvalue weighted by Crippen LogP contribution is -2.20. The molecule has 1 heterocycles. The predicted molar refractivity (Wildman–Crippen MR) is 94.1 cm³/mol. The number of hydrazone groups is 1. The third-order valence-corrected chi connectivity index (χ3v) is 4.01. The predicted octanol–water partition coefficient (Wildman–Crippen LogP) is 3.58. The molecule has 0 radical (unpaired) electrons. The van der Waals surface area contributed by atoms with Crippen LogP contribution in [0, 0.1) is 6.92 Å². The maximum Gasteiger partial charge on any atom is 0.240 e. The Balaban J connectivity index is 1.74. The van der Waals surface area contributed by atoms with Crippen molar-refractivity contribution in [3.8, 4) is 0 Å². The summed E-state index contributed by atoms with van der Waals surface area (Å²) >= 11 is 7.39. The van der Waals surface area contributed by atoms with Gasteiger partial charge in [-0.15, -0.1) is 11.3 Å². The SMILES string of the molecule is Cc1cc(Cl)ccc1NC(=O)CCC(=O)N/N=C\c1cccs1. The molecule has 2 N–H and O–H groups in total. The smallest absolute Gasteiger partial charge is 0.240 e. The lowest BCUT2D eigenvalue weighted by atomic mass is 10.2. The van der Waals surface area contributed by atoms with E-state index in [0.29, 0.717) is 10.7 Å². The number of nitrogens with zero attached hydrogens (tertiary/aromatic N) is 1. The molecule has 0 atom stereocenters. The molecular weight excluding hydrogens is 334 g/mol. The Morgan fingerprint density at radius 2 is 2.04 bits per heavy atom. The zero-order valence-corrected chi connectivity index (χ0v) is 14.1. The highest BCUT2D eigenvalue weighted by molar-refractivity contribution is 7.11. The number of rotatable bonds is 6. The van der Waals surface area contributed by atoms with Gasteiger partial charge in [0.05, 0.1) is 6.21 Å². The number of hydrogen-bond donors (Lipinski definition) is 2. The van der Waals surface area contributed by atoms with Gasteiger partial charge in [-0.1, -0.05) is 17.7 Å². The second-order valence-corrected chi connectivity index (χ2v) is 6.23. The molecular formula is C16H16ClN3O2S. The van der Waals surface area contributed by atoms with Crippen LogP contribution in [0.3, 0.4) is 0 Å². The van der Waals surface area contributed by atoms with Gasteiger partial charge >= 0.3 is 0 Å². The van der Waals surface area contributed by atoms with E-state index in [2.05, 4.69) is 15.8 Å². The number of carbonyl (C=O) groups is 2. The molecule has 0 bridgehead atoms. The van der Waals surface area contributed by atoms with Gasteiger partial charge in [-0.3, -0.25) is 9.59 Å². The van der Waals surface area contributed by atoms with Crippen molar-refractivity contribution in [3.63, 3.8) is 0 Å². The molecule has 0 spiro atoms. The topological polar surface area (TPSA) is 70.6 Å². The van der Waals surface area contributed by atoms with Gasteiger partial charge in [-0.05, 0) is 42.1 Å². The van der Waals surface area contributed by atoms with Crippen molar-refractivity contribution in [1.29, 1.82) is 0 Å². The summed E-state index contributed by atoms with van der Waals surface area (Å²) in [6, 6.07) is 9.00. The summed E-state index contributed by atoms with van der Waals surface area (Å²) in [6.07, 6.45) is 1.72. The highest BCUT2D eigenvalue weighted by atomic mass is 35.5.